The summed E-state index contributed by atoms with van der Waals surface area (Å²) in [4.78, 5) is 17.1. The van der Waals surface area contributed by atoms with E-state index in [-0.39, 0.29) is 7.43 Å². The van der Waals surface area contributed by atoms with Crippen molar-refractivity contribution in [2.24, 2.45) is 17.4 Å². The molecule has 0 saturated carbocycles. The van der Waals surface area contributed by atoms with Gasteiger partial charge in [0.25, 0.3) is 0 Å². The number of nitrogens with one attached hydrogen (secondary N) is 2. The van der Waals surface area contributed by atoms with Crippen LogP contribution in [0.3, 0.4) is 0 Å². The van der Waals surface area contributed by atoms with Gasteiger partial charge in [0.15, 0.2) is 0 Å². The van der Waals surface area contributed by atoms with Gasteiger partial charge in [-0.05, 0) is 235 Å². The number of rotatable bonds is 6. The molecule has 414 valence electrons. The molecule has 0 amide bonds. The van der Waals surface area contributed by atoms with Crippen molar-refractivity contribution >= 4 is 0 Å². The molecule has 5 rings (SSSR count). The Morgan fingerprint density at radius 2 is 0.841 bits per heavy atom. The number of hydrogen-bond donors (Lipinski definition) is 4. The lowest BCUT2D eigenvalue weighted by atomic mass is 9.95. The lowest BCUT2D eigenvalue weighted by Crippen LogP contribution is -2.50. The van der Waals surface area contributed by atoms with Gasteiger partial charge in [-0.3, -0.25) is 19.6 Å². The zero-order chi connectivity index (χ0) is 52.8. The maximum Gasteiger partial charge on any atom is 0.0912 e. The average Bonchev–Trinajstić information content (AvgIpc) is 3.23. The van der Waals surface area contributed by atoms with Crippen LogP contribution in [0.5, 0.6) is 0 Å². The molecule has 5 aliphatic rings. The van der Waals surface area contributed by atoms with Crippen LogP contribution in [0.1, 0.15) is 203 Å². The lowest BCUT2D eigenvalue weighted by molar-refractivity contribution is 0.0916. The number of hydrogen-bond acceptors (Lipinski definition) is 11. The summed E-state index contributed by atoms with van der Waals surface area (Å²) in [6.07, 6.45) is 14.3. The molecular weight excluding hydrogens is 851 g/mol. The van der Waals surface area contributed by atoms with Gasteiger partial charge in [-0.25, -0.2) is 0 Å². The summed E-state index contributed by atoms with van der Waals surface area (Å²) in [6.45, 7) is 60.8. The Morgan fingerprint density at radius 1 is 0.522 bits per heavy atom. The molecule has 5 heterocycles. The molecular formula is C58H127N11. The van der Waals surface area contributed by atoms with Crippen LogP contribution in [0.4, 0.5) is 0 Å². The second kappa shape index (κ2) is 32.6. The van der Waals surface area contributed by atoms with Crippen molar-refractivity contribution in [3.63, 3.8) is 0 Å². The molecule has 11 nitrogen and oxygen atoms in total. The third kappa shape index (κ3) is 30.9. The Labute approximate surface area is 433 Å². The summed E-state index contributed by atoms with van der Waals surface area (Å²) in [5.41, 5.74) is 13.0. The van der Waals surface area contributed by atoms with Gasteiger partial charge in [-0.2, -0.15) is 0 Å². The van der Waals surface area contributed by atoms with Crippen LogP contribution in [0, 0.1) is 5.92 Å². The van der Waals surface area contributed by atoms with Crippen LogP contribution < -0.4 is 22.1 Å². The second-order valence-corrected chi connectivity index (χ2v) is 26.4. The molecule has 69 heavy (non-hydrogen) atoms. The molecule has 0 aromatic carbocycles. The van der Waals surface area contributed by atoms with E-state index in [4.69, 9.17) is 11.5 Å². The normalized spacial score (nSPS) is 20.8. The van der Waals surface area contributed by atoms with Crippen LogP contribution in [-0.2, 0) is 0 Å². The molecule has 0 aromatic rings. The number of nitrogens with two attached hydrogens (primary N) is 2. The first-order valence-corrected chi connectivity index (χ1v) is 27.5. The van der Waals surface area contributed by atoms with E-state index in [1.54, 1.807) is 0 Å². The van der Waals surface area contributed by atoms with Crippen molar-refractivity contribution in [2.45, 2.75) is 255 Å². The summed E-state index contributed by atoms with van der Waals surface area (Å²) in [5, 5.41) is 6.56. The maximum atomic E-state index is 5.68. The minimum absolute atomic E-state index is 0. The first-order valence-electron chi connectivity index (χ1n) is 27.5. The SMILES string of the molecule is C.C=C(N)N(C)C1CCN(C(C)C)CC1.C=C(N)NC1CCN(C(C)(C)C)CC1.CC(C)(C)N1CCCCC1.CC1CCN(C(C)(C)C)CC1.CN(C)C(C)(C)C.CNC1CCN(C(C)(C)C)CC1. The fourth-order valence-corrected chi connectivity index (χ4v) is 9.06. The fourth-order valence-electron chi connectivity index (χ4n) is 9.06. The quantitative estimate of drug-likeness (QED) is 0.205. The Kier molecular flexibility index (Phi) is 32.8. The molecule has 6 N–H and O–H groups in total. The third-order valence-electron chi connectivity index (χ3n) is 15.3. The van der Waals surface area contributed by atoms with Gasteiger partial charge >= 0.3 is 0 Å². The predicted octanol–water partition coefficient (Wildman–Crippen LogP) is 10.7. The van der Waals surface area contributed by atoms with Crippen LogP contribution in [0.2, 0.25) is 0 Å². The Bertz CT molecular complexity index is 1290. The molecule has 11 heteroatoms. The van der Waals surface area contributed by atoms with Crippen molar-refractivity contribution in [3.8, 4) is 0 Å². The summed E-state index contributed by atoms with van der Waals surface area (Å²) in [6, 6.07) is 2.53. The molecule has 0 bridgehead atoms. The molecule has 0 radical (unpaired) electrons. The van der Waals surface area contributed by atoms with E-state index in [0.29, 0.717) is 57.5 Å². The molecule has 0 atom stereocenters. The Hall–Kier alpha value is -1.60. The largest absolute Gasteiger partial charge is 0.386 e. The molecule has 0 spiro atoms. The summed E-state index contributed by atoms with van der Waals surface area (Å²) < 4.78 is 0. The van der Waals surface area contributed by atoms with Crippen LogP contribution in [0.25, 0.3) is 0 Å². The van der Waals surface area contributed by atoms with Crippen LogP contribution in [-0.4, -0.2) is 180 Å². The van der Waals surface area contributed by atoms with E-state index in [9.17, 15) is 0 Å². The van der Waals surface area contributed by atoms with E-state index in [0.717, 1.165) is 37.9 Å². The first kappa shape index (κ1) is 69.5. The average molecular weight is 979 g/mol. The van der Waals surface area contributed by atoms with Gasteiger partial charge in [-0.15, -0.1) is 0 Å². The first-order chi connectivity index (χ1) is 31.0. The molecule has 0 unspecified atom stereocenters. The second-order valence-electron chi connectivity index (χ2n) is 26.4. The minimum atomic E-state index is 0. The molecule has 5 aliphatic heterocycles. The summed E-state index contributed by atoms with van der Waals surface area (Å²) in [7, 11) is 8.27. The topological polar surface area (TPSA) is 98.8 Å². The standard InChI is InChI=1S/2C11H23N3.C10H22N2.C10H21N.C9H19N.C6H15N.CH4/c1-9(12)13-10-5-7-14(8-6-10)11(2,3)4;1-9(2)14-7-5-11(6-8-14)13(4)10(3)12;1-10(2,3)12-7-5-9(11-4)6-8-12;1-9-5-7-11(8-6-9)10(2,3)4;1-9(2,3)10-7-5-4-6-8-10;1-6(2,3)7(4)5;/h10,13H,1,5-8,12H2,2-4H3;9,11H,3,5-8,12H2,1-2,4H3;9,11H,5-8H2,1-4H3;9H,5-8H2,1-4H3;4-8H2,1-3H3;1-5H3;1H4. The van der Waals surface area contributed by atoms with Gasteiger partial charge in [0.05, 0.1) is 11.6 Å². The minimum Gasteiger partial charge on any atom is -0.386 e. The van der Waals surface area contributed by atoms with Gasteiger partial charge in [0, 0.05) is 98.2 Å². The molecule has 5 fully saturated rings. The van der Waals surface area contributed by atoms with E-state index < -0.39 is 0 Å². The lowest BCUT2D eigenvalue weighted by Gasteiger charge is -2.41. The molecule has 0 aliphatic carbocycles. The van der Waals surface area contributed by atoms with Crippen molar-refractivity contribution in [1.29, 1.82) is 0 Å². The fraction of sp³-hybridized carbons (Fsp3) is 0.931. The van der Waals surface area contributed by atoms with Gasteiger partial charge in [0.2, 0.25) is 0 Å². The number of nitrogens with zero attached hydrogens (tertiary/aromatic N) is 7. The highest BCUT2D eigenvalue weighted by molar-refractivity contribution is 4.93. The van der Waals surface area contributed by atoms with Gasteiger partial charge in [0.1, 0.15) is 0 Å². The summed E-state index contributed by atoms with van der Waals surface area (Å²) >= 11 is 0. The van der Waals surface area contributed by atoms with Crippen LogP contribution in [0.15, 0.2) is 24.8 Å². The van der Waals surface area contributed by atoms with Crippen molar-refractivity contribution in [2.75, 3.05) is 93.6 Å². The van der Waals surface area contributed by atoms with E-state index >= 15 is 0 Å². The monoisotopic (exact) mass is 978 g/mol. The number of likely N-dealkylation sites (tertiary alicyclic amines) is 5. The van der Waals surface area contributed by atoms with Crippen molar-refractivity contribution in [1.82, 2.24) is 44.9 Å². The Morgan fingerprint density at radius 3 is 1.10 bits per heavy atom. The number of piperidine rings is 5. The zero-order valence-electron chi connectivity index (χ0n) is 49.9. The zero-order valence-corrected chi connectivity index (χ0v) is 49.9. The summed E-state index contributed by atoms with van der Waals surface area (Å²) in [5.74, 6) is 2.24. The highest BCUT2D eigenvalue weighted by Crippen LogP contribution is 2.24. The molecule has 5 saturated heterocycles. The van der Waals surface area contributed by atoms with Crippen molar-refractivity contribution in [3.05, 3.63) is 24.8 Å². The van der Waals surface area contributed by atoms with Crippen molar-refractivity contribution < 1.29 is 0 Å². The molecule has 0 aromatic heterocycles. The smallest absolute Gasteiger partial charge is 0.0912 e. The van der Waals surface area contributed by atoms with Gasteiger partial charge in [-0.1, -0.05) is 33.9 Å². The highest BCUT2D eigenvalue weighted by atomic mass is 15.2. The van der Waals surface area contributed by atoms with E-state index in [1.165, 1.54) is 110 Å². The Balaban J connectivity index is 0. The predicted molar refractivity (Wildman–Crippen MR) is 310 cm³/mol. The van der Waals surface area contributed by atoms with E-state index in [1.807, 2.05) is 7.05 Å². The van der Waals surface area contributed by atoms with E-state index in [2.05, 4.69) is 204 Å². The van der Waals surface area contributed by atoms with Crippen LogP contribution >= 0.6 is 0 Å². The highest BCUT2D eigenvalue weighted by Gasteiger charge is 2.29. The maximum absolute atomic E-state index is 5.68. The third-order valence-corrected chi connectivity index (χ3v) is 15.3. The van der Waals surface area contributed by atoms with Gasteiger partial charge < -0.3 is 36.8 Å².